The molecule has 0 N–H and O–H groups in total. The lowest BCUT2D eigenvalue weighted by molar-refractivity contribution is -0.358. The highest BCUT2D eigenvalue weighted by molar-refractivity contribution is 5.30. The Labute approximate surface area is 140 Å². The van der Waals surface area contributed by atoms with E-state index >= 15 is 0 Å². The van der Waals surface area contributed by atoms with Crippen LogP contribution in [-0.4, -0.2) is 31.7 Å². The highest BCUT2D eigenvalue weighted by Crippen LogP contribution is 2.50. The Hall–Kier alpha value is -1.51. The Bertz CT molecular complexity index is 556. The van der Waals surface area contributed by atoms with Gasteiger partial charge in [0.25, 0.3) is 0 Å². The van der Waals surface area contributed by atoms with Crippen LogP contribution >= 0.6 is 0 Å². The molecule has 1 atom stereocenters. The van der Waals surface area contributed by atoms with Crippen LogP contribution in [0.3, 0.4) is 0 Å². The van der Waals surface area contributed by atoms with Crippen LogP contribution < -0.4 is 4.74 Å². The van der Waals surface area contributed by atoms with Gasteiger partial charge in [0.1, 0.15) is 5.75 Å². The molecule has 0 radical (unpaired) electrons. The fourth-order valence-electron chi connectivity index (χ4n) is 1.97. The normalized spacial score (nSPS) is 14.7. The molecule has 2 nitrogen and oxygen atoms in total. The molecule has 0 saturated heterocycles. The first-order valence-electron chi connectivity index (χ1n) is 7.39. The summed E-state index contributed by atoms with van der Waals surface area (Å²) in [5.74, 6) is -11.0. The quantitative estimate of drug-likeness (QED) is 0.548. The van der Waals surface area contributed by atoms with Crippen molar-refractivity contribution in [2.24, 2.45) is 5.92 Å². The van der Waals surface area contributed by atoms with E-state index in [0.29, 0.717) is 6.61 Å². The number of methoxy groups -OCH3 is 1. The monoisotopic (exact) mass is 376 g/mol. The molecule has 9 heteroatoms. The van der Waals surface area contributed by atoms with Crippen LogP contribution in [0.5, 0.6) is 5.75 Å². The van der Waals surface area contributed by atoms with Crippen molar-refractivity contribution in [3.05, 3.63) is 29.8 Å². The standard InChI is InChI=1S/C16H19F7O2/c1-10(2)9-25-12-6-4-5-11(7-12)13(24-3)8-14(17,18)15(19,20)16(21,22)23/h4-7,10,13H,8-9H2,1-3H3. The van der Waals surface area contributed by atoms with Crippen LogP contribution in [0.2, 0.25) is 0 Å². The van der Waals surface area contributed by atoms with E-state index in [0.717, 1.165) is 7.11 Å². The summed E-state index contributed by atoms with van der Waals surface area (Å²) in [6.07, 6.45) is -9.86. The number of benzene rings is 1. The van der Waals surface area contributed by atoms with Crippen LogP contribution in [0, 0.1) is 5.92 Å². The minimum absolute atomic E-state index is 0.0152. The van der Waals surface area contributed by atoms with Crippen molar-refractivity contribution < 1.29 is 40.2 Å². The average molecular weight is 376 g/mol. The average Bonchev–Trinajstić information content (AvgIpc) is 2.49. The minimum atomic E-state index is -6.36. The summed E-state index contributed by atoms with van der Waals surface area (Å²) < 4.78 is 100. The van der Waals surface area contributed by atoms with Gasteiger partial charge in [-0.1, -0.05) is 26.0 Å². The highest BCUT2D eigenvalue weighted by atomic mass is 19.4. The smallest absolute Gasteiger partial charge is 0.459 e. The lowest BCUT2D eigenvalue weighted by atomic mass is 9.98. The van der Waals surface area contributed by atoms with E-state index in [-0.39, 0.29) is 17.2 Å². The molecule has 0 spiro atoms. The van der Waals surface area contributed by atoms with Gasteiger partial charge in [0.05, 0.1) is 12.7 Å². The predicted molar refractivity (Wildman–Crippen MR) is 77.1 cm³/mol. The van der Waals surface area contributed by atoms with E-state index in [4.69, 9.17) is 9.47 Å². The SMILES string of the molecule is COC(CC(F)(F)C(F)(F)C(F)(F)F)c1cccc(OCC(C)C)c1. The van der Waals surface area contributed by atoms with Crippen molar-refractivity contribution in [3.8, 4) is 5.75 Å². The summed E-state index contributed by atoms with van der Waals surface area (Å²) >= 11 is 0. The van der Waals surface area contributed by atoms with Crippen LogP contribution in [-0.2, 0) is 4.74 Å². The van der Waals surface area contributed by atoms with Gasteiger partial charge >= 0.3 is 18.0 Å². The fraction of sp³-hybridized carbons (Fsp3) is 0.625. The topological polar surface area (TPSA) is 18.5 Å². The number of rotatable bonds is 8. The van der Waals surface area contributed by atoms with Crippen molar-refractivity contribution >= 4 is 0 Å². The number of ether oxygens (including phenoxy) is 2. The van der Waals surface area contributed by atoms with E-state index in [9.17, 15) is 30.7 Å². The molecule has 0 aliphatic rings. The maximum absolute atomic E-state index is 13.6. The first-order valence-corrected chi connectivity index (χ1v) is 7.39. The molecule has 0 fully saturated rings. The van der Waals surface area contributed by atoms with Gasteiger partial charge < -0.3 is 9.47 Å². The highest BCUT2D eigenvalue weighted by Gasteiger charge is 2.73. The third-order valence-corrected chi connectivity index (χ3v) is 3.35. The molecule has 1 rings (SSSR count). The molecule has 0 saturated carbocycles. The molecule has 1 aromatic rings. The van der Waals surface area contributed by atoms with Gasteiger partial charge in [0, 0.05) is 13.5 Å². The molecule has 0 aliphatic heterocycles. The molecule has 144 valence electrons. The largest absolute Gasteiger partial charge is 0.493 e. The van der Waals surface area contributed by atoms with E-state index < -0.39 is 30.5 Å². The zero-order valence-electron chi connectivity index (χ0n) is 13.8. The predicted octanol–water partition coefficient (Wildman–Crippen LogP) is 5.63. The molecule has 0 aromatic heterocycles. The van der Waals surface area contributed by atoms with Gasteiger partial charge in [-0.2, -0.15) is 30.7 Å². The second-order valence-electron chi connectivity index (χ2n) is 5.98. The Morgan fingerprint density at radius 1 is 1.00 bits per heavy atom. The molecule has 0 amide bonds. The van der Waals surface area contributed by atoms with Crippen LogP contribution in [0.15, 0.2) is 24.3 Å². The molecule has 0 aliphatic carbocycles. The number of alkyl halides is 7. The van der Waals surface area contributed by atoms with Gasteiger partial charge in [-0.15, -0.1) is 0 Å². The maximum atomic E-state index is 13.6. The first kappa shape index (κ1) is 21.5. The third kappa shape index (κ3) is 5.23. The van der Waals surface area contributed by atoms with Crippen LogP contribution in [0.25, 0.3) is 0 Å². The van der Waals surface area contributed by atoms with E-state index in [1.807, 2.05) is 13.8 Å². The number of hydrogen-bond acceptors (Lipinski definition) is 2. The zero-order valence-corrected chi connectivity index (χ0v) is 13.8. The third-order valence-electron chi connectivity index (χ3n) is 3.35. The van der Waals surface area contributed by atoms with Gasteiger partial charge in [0.15, 0.2) is 0 Å². The minimum Gasteiger partial charge on any atom is -0.493 e. The molecular weight excluding hydrogens is 357 g/mol. The van der Waals surface area contributed by atoms with Gasteiger partial charge in [-0.3, -0.25) is 0 Å². The molecular formula is C16H19F7O2. The van der Waals surface area contributed by atoms with Crippen LogP contribution in [0.4, 0.5) is 30.7 Å². The van der Waals surface area contributed by atoms with E-state index in [1.54, 1.807) is 0 Å². The first-order chi connectivity index (χ1) is 11.3. The van der Waals surface area contributed by atoms with Crippen molar-refractivity contribution in [2.45, 2.75) is 44.4 Å². The molecule has 0 heterocycles. The Kier molecular flexibility index (Phi) is 6.72. The lowest BCUT2D eigenvalue weighted by Gasteiger charge is -2.30. The van der Waals surface area contributed by atoms with Gasteiger partial charge in [-0.05, 0) is 23.6 Å². The molecule has 0 bridgehead atoms. The van der Waals surface area contributed by atoms with Crippen LogP contribution in [0.1, 0.15) is 31.9 Å². The summed E-state index contributed by atoms with van der Waals surface area (Å²) in [4.78, 5) is 0. The summed E-state index contributed by atoms with van der Waals surface area (Å²) in [6.45, 7) is 4.08. The van der Waals surface area contributed by atoms with Gasteiger partial charge in [-0.25, -0.2) is 0 Å². The molecule has 25 heavy (non-hydrogen) atoms. The summed E-state index contributed by atoms with van der Waals surface area (Å²) in [6, 6.07) is 5.49. The lowest BCUT2D eigenvalue weighted by Crippen LogP contribution is -2.52. The Morgan fingerprint density at radius 2 is 1.60 bits per heavy atom. The maximum Gasteiger partial charge on any atom is 0.459 e. The molecule has 1 aromatic carbocycles. The summed E-state index contributed by atoms with van der Waals surface area (Å²) in [5, 5.41) is 0. The Morgan fingerprint density at radius 3 is 2.08 bits per heavy atom. The Balaban J connectivity index is 3.01. The zero-order chi connectivity index (χ0) is 19.5. The second-order valence-corrected chi connectivity index (χ2v) is 5.98. The van der Waals surface area contributed by atoms with E-state index in [2.05, 4.69) is 0 Å². The van der Waals surface area contributed by atoms with Crippen molar-refractivity contribution in [2.75, 3.05) is 13.7 Å². The van der Waals surface area contributed by atoms with Crippen molar-refractivity contribution in [3.63, 3.8) is 0 Å². The van der Waals surface area contributed by atoms with Crippen molar-refractivity contribution in [1.82, 2.24) is 0 Å². The fourth-order valence-corrected chi connectivity index (χ4v) is 1.97. The second kappa shape index (κ2) is 7.80. The van der Waals surface area contributed by atoms with Crippen molar-refractivity contribution in [1.29, 1.82) is 0 Å². The summed E-state index contributed by atoms with van der Waals surface area (Å²) in [5.41, 5.74) is 0.0152. The number of halogens is 7. The van der Waals surface area contributed by atoms with E-state index in [1.165, 1.54) is 24.3 Å². The molecule has 1 unspecified atom stereocenters. The summed E-state index contributed by atoms with van der Waals surface area (Å²) in [7, 11) is 0.953. The van der Waals surface area contributed by atoms with Gasteiger partial charge in [0.2, 0.25) is 0 Å². The number of hydrogen-bond donors (Lipinski definition) is 0.